The van der Waals surface area contributed by atoms with Gasteiger partial charge in [0.05, 0.1) is 74.8 Å². The van der Waals surface area contributed by atoms with Crippen molar-refractivity contribution in [3.05, 3.63) is 228 Å². The number of rotatable bonds is 47. The zero-order valence-corrected chi connectivity index (χ0v) is 86.0. The third kappa shape index (κ3) is 22.4. The molecule has 710 valence electrons. The lowest BCUT2D eigenvalue weighted by molar-refractivity contribution is 0.304. The molecule has 16 aromatic rings. The van der Waals surface area contributed by atoms with Gasteiger partial charge in [0.2, 0.25) is 0 Å². The first-order chi connectivity index (χ1) is 66.2. The number of aromatic nitrogens is 4. The van der Waals surface area contributed by atoms with Crippen molar-refractivity contribution in [3.8, 4) is 135 Å². The molecular formula is C115H120Cl2F6N4O3S6. The Labute approximate surface area is 831 Å². The molecule has 8 aromatic heterocycles. The summed E-state index contributed by atoms with van der Waals surface area (Å²) in [6, 6.07) is 47.6. The molecule has 0 N–H and O–H groups in total. The number of hydrogen-bond donors (Lipinski definition) is 0. The number of fused-ring (bicyclic) bond motifs is 4. The van der Waals surface area contributed by atoms with E-state index in [4.69, 9.17) is 57.3 Å². The summed E-state index contributed by atoms with van der Waals surface area (Å²) in [4.78, 5) is 28.2. The average molecular weight is 1980 g/mol. The van der Waals surface area contributed by atoms with E-state index >= 15 is 26.3 Å². The van der Waals surface area contributed by atoms with E-state index in [1.165, 1.54) is 50.4 Å². The lowest BCUT2D eigenvalue weighted by Crippen LogP contribution is -2.03. The van der Waals surface area contributed by atoms with E-state index in [9.17, 15) is 0 Å². The second-order valence-electron chi connectivity index (χ2n) is 36.4. The van der Waals surface area contributed by atoms with Crippen LogP contribution >= 0.6 is 91.2 Å². The van der Waals surface area contributed by atoms with Gasteiger partial charge < -0.3 is 14.2 Å². The van der Waals surface area contributed by atoms with Crippen molar-refractivity contribution in [1.82, 2.24) is 19.9 Å². The molecular weight excluding hydrogens is 1860 g/mol. The molecule has 2 atom stereocenters. The molecule has 0 radical (unpaired) electrons. The highest BCUT2D eigenvalue weighted by Crippen LogP contribution is 2.57. The van der Waals surface area contributed by atoms with Crippen LogP contribution in [0.5, 0.6) is 17.2 Å². The number of ether oxygens (including phenoxy) is 3. The monoisotopic (exact) mass is 1980 g/mol. The van der Waals surface area contributed by atoms with Gasteiger partial charge in [-0.15, -0.1) is 68.0 Å². The van der Waals surface area contributed by atoms with Gasteiger partial charge in [-0.1, -0.05) is 280 Å². The van der Waals surface area contributed by atoms with Crippen LogP contribution < -0.4 is 14.2 Å². The minimum absolute atomic E-state index is 0.0242. The zero-order chi connectivity index (χ0) is 95.2. The van der Waals surface area contributed by atoms with Crippen LogP contribution in [-0.4, -0.2) is 39.8 Å². The van der Waals surface area contributed by atoms with Crippen LogP contribution in [0, 0.1) is 67.5 Å². The van der Waals surface area contributed by atoms with E-state index in [0.717, 1.165) is 244 Å². The quantitative estimate of drug-likeness (QED) is 0.0278. The number of nitrogens with zero attached hydrogens (tertiary/aromatic N) is 4. The van der Waals surface area contributed by atoms with Gasteiger partial charge in [-0.3, -0.25) is 0 Å². The largest absolute Gasteiger partial charge is 0.494 e. The second kappa shape index (κ2) is 46.7. The van der Waals surface area contributed by atoms with Crippen molar-refractivity contribution < 1.29 is 40.6 Å². The van der Waals surface area contributed by atoms with Crippen molar-refractivity contribution >= 4 is 133 Å². The van der Waals surface area contributed by atoms with Gasteiger partial charge in [-0.2, -0.15) is 0 Å². The summed E-state index contributed by atoms with van der Waals surface area (Å²) in [6.07, 6.45) is 30.0. The molecule has 0 aliphatic rings. The van der Waals surface area contributed by atoms with Gasteiger partial charge in [0, 0.05) is 119 Å². The third-order valence-corrected chi connectivity index (χ3v) is 34.1. The molecule has 8 heterocycles. The highest BCUT2D eigenvalue weighted by molar-refractivity contribution is 7.25. The molecule has 2 unspecified atom stereocenters. The van der Waals surface area contributed by atoms with Crippen LogP contribution in [-0.2, 0) is 12.8 Å². The fraction of sp³-hybridized carbons (Fsp3) is 0.374. The zero-order valence-electron chi connectivity index (χ0n) is 79.6. The number of benzene rings is 8. The first kappa shape index (κ1) is 99.7. The van der Waals surface area contributed by atoms with Crippen molar-refractivity contribution in [3.63, 3.8) is 0 Å². The molecule has 16 rings (SSSR count). The smallest absolute Gasteiger partial charge is 0.170 e. The summed E-state index contributed by atoms with van der Waals surface area (Å²) in [5.74, 6) is -3.61. The van der Waals surface area contributed by atoms with Crippen LogP contribution in [0.2, 0.25) is 10.0 Å². The fourth-order valence-corrected chi connectivity index (χ4v) is 26.5. The second-order valence-corrected chi connectivity index (χ2v) is 44.0. The van der Waals surface area contributed by atoms with Crippen molar-refractivity contribution in [2.45, 2.75) is 249 Å². The SMILES string of the molecule is CCCCCCCCOc1cccc(-c2nc3c(C)c(F)c(F)c(-c4ccc(-c5cc(F)c(-c6ccc(-c7c(F)c(F)c(-c8cc9c(-c%10cc(Cl)c(CC(CC)CCCC)s%10)c%10sc(C)cc%10c(-c%10cc(Cl)c(CC(CC)CCCC)s%10)c9s8)c8nc(-c9cccc(OCCCCCCCC)c9)c(-c9cccc(OCCCCCCCC)c9)nc78)s6)cc5F)s4)c3nc2-c2cccc(C)c2)c1. The highest BCUT2D eigenvalue weighted by Gasteiger charge is 2.34. The van der Waals surface area contributed by atoms with Crippen LogP contribution in [0.4, 0.5) is 26.3 Å². The summed E-state index contributed by atoms with van der Waals surface area (Å²) >= 11 is 23.4. The number of thiophene rings is 6. The van der Waals surface area contributed by atoms with Gasteiger partial charge in [-0.05, 0) is 168 Å². The molecule has 0 amide bonds. The normalized spacial score (nSPS) is 12.3. The minimum atomic E-state index is -1.22. The molecule has 0 bridgehead atoms. The van der Waals surface area contributed by atoms with Gasteiger partial charge in [0.25, 0.3) is 0 Å². The molecule has 136 heavy (non-hydrogen) atoms. The summed E-state index contributed by atoms with van der Waals surface area (Å²) in [6.45, 7) is 22.7. The molecule has 0 fully saturated rings. The minimum Gasteiger partial charge on any atom is -0.494 e. The average Bonchev–Trinajstić information content (AvgIpc) is 0.918. The van der Waals surface area contributed by atoms with Crippen LogP contribution in [0.3, 0.4) is 0 Å². The third-order valence-electron chi connectivity index (χ3n) is 26.3. The predicted molar refractivity (Wildman–Crippen MR) is 569 cm³/mol. The lowest BCUT2D eigenvalue weighted by atomic mass is 9.95. The first-order valence-corrected chi connectivity index (χ1v) is 54.8. The summed E-state index contributed by atoms with van der Waals surface area (Å²) in [5, 5.41) is 3.27. The van der Waals surface area contributed by atoms with Gasteiger partial charge >= 0.3 is 0 Å². The van der Waals surface area contributed by atoms with Crippen LogP contribution in [0.1, 0.15) is 241 Å². The van der Waals surface area contributed by atoms with E-state index < -0.39 is 34.9 Å². The standard InChI is InChI=1S/C115H120Cl2F6N4O3S6/c1-11-18-23-26-29-32-53-128-77-46-36-43-74(60-77)108-107(73-42-35-39-68(8)56-73)125-111-99(103(121)102(120)70(10)106(111)124-108)90-51-49-88(132-90)80-63-87(119)81(64-86(80)118)89-50-52-91(133-89)100-104(122)105(123)101(113-112(100)126-109(75-44-37-47-78(61-75)129-54-33-30-27-24-19-12-2)110(127-113)76-45-38-48-79(62-76)130-55-34-31-28-25-20-13-3)94-65-83-98(96-67-85(117)93(135-96)59-72(17-7)41-22-15-5)114-82(57-69(9)131-114)97(115(83)136-94)95-66-84(116)92(134-95)58-71(16-6)40-21-14-4/h35-39,42-52,56-57,60-67,71-72H,11-34,40-41,53-55,58-59H2,1-10H3. The Hall–Kier alpha value is -9.28. The predicted octanol–water partition coefficient (Wildman–Crippen LogP) is 39.4. The topological polar surface area (TPSA) is 79.3 Å². The Balaban J connectivity index is 0.851. The molecule has 0 spiro atoms. The Morgan fingerprint density at radius 3 is 1.09 bits per heavy atom. The maximum Gasteiger partial charge on any atom is 0.170 e. The number of halogens is 8. The Morgan fingerprint density at radius 2 is 0.669 bits per heavy atom. The van der Waals surface area contributed by atoms with E-state index in [-0.39, 0.29) is 75.0 Å². The van der Waals surface area contributed by atoms with Crippen LogP contribution in [0.15, 0.2) is 158 Å². The molecule has 7 nitrogen and oxygen atoms in total. The summed E-state index contributed by atoms with van der Waals surface area (Å²) in [7, 11) is 0. The highest BCUT2D eigenvalue weighted by atomic mass is 35.5. The summed E-state index contributed by atoms with van der Waals surface area (Å²) in [5.41, 5.74) is 6.49. The molecule has 0 aliphatic carbocycles. The Bertz CT molecular complexity index is 6790. The molecule has 0 aliphatic heterocycles. The van der Waals surface area contributed by atoms with Gasteiger partial charge in [0.15, 0.2) is 23.3 Å². The van der Waals surface area contributed by atoms with Gasteiger partial charge in [0.1, 0.15) is 45.4 Å². The fourth-order valence-electron chi connectivity index (χ4n) is 18.7. The van der Waals surface area contributed by atoms with Crippen LogP contribution in [0.25, 0.3) is 160 Å². The molecule has 0 saturated heterocycles. The van der Waals surface area contributed by atoms with E-state index in [0.29, 0.717) is 109 Å². The van der Waals surface area contributed by atoms with Crippen molar-refractivity contribution in [2.24, 2.45) is 11.8 Å². The Kier molecular flexibility index (Phi) is 34.2. The number of aryl methyl sites for hydroxylation is 3. The van der Waals surface area contributed by atoms with Gasteiger partial charge in [-0.25, -0.2) is 46.3 Å². The molecule has 8 aromatic carbocycles. The Morgan fingerprint density at radius 1 is 0.316 bits per heavy atom. The molecule has 21 heteroatoms. The number of hydrogen-bond acceptors (Lipinski definition) is 13. The van der Waals surface area contributed by atoms with Crippen molar-refractivity contribution in [1.29, 1.82) is 0 Å². The van der Waals surface area contributed by atoms with E-state index in [2.05, 4.69) is 73.6 Å². The number of unbranched alkanes of at least 4 members (excludes halogenated alkanes) is 17. The summed E-state index contributed by atoms with van der Waals surface area (Å²) < 4.78 is 130. The van der Waals surface area contributed by atoms with Crippen molar-refractivity contribution in [2.75, 3.05) is 19.8 Å². The van der Waals surface area contributed by atoms with E-state index in [1.54, 1.807) is 58.3 Å². The van der Waals surface area contributed by atoms with E-state index in [1.807, 2.05) is 110 Å². The maximum atomic E-state index is 19.5. The first-order valence-electron chi connectivity index (χ1n) is 49.2. The molecule has 0 saturated carbocycles. The lowest BCUT2D eigenvalue weighted by Gasteiger charge is -2.17. The maximum absolute atomic E-state index is 19.5.